The molecular formula is C14H18BrN5O. The molecule has 0 saturated heterocycles. The van der Waals surface area contributed by atoms with Crippen molar-refractivity contribution < 1.29 is 4.74 Å². The van der Waals surface area contributed by atoms with Gasteiger partial charge < -0.3 is 15.5 Å². The molecule has 0 aliphatic carbocycles. The fourth-order valence-corrected chi connectivity index (χ4v) is 2.34. The first-order valence-electron chi connectivity index (χ1n) is 6.58. The van der Waals surface area contributed by atoms with E-state index in [1.54, 1.807) is 6.07 Å². The summed E-state index contributed by atoms with van der Waals surface area (Å²) in [5.74, 6) is 7.19. The minimum absolute atomic E-state index is 0.343. The Hall–Kier alpha value is -1.70. The minimum Gasteiger partial charge on any atom is -0.374 e. The van der Waals surface area contributed by atoms with Gasteiger partial charge in [-0.15, -0.1) is 0 Å². The summed E-state index contributed by atoms with van der Waals surface area (Å²) in [6.45, 7) is 4.91. The number of nitrogens with two attached hydrogens (primary N) is 1. The molecule has 0 aliphatic rings. The van der Waals surface area contributed by atoms with Crippen molar-refractivity contribution in [3.63, 3.8) is 0 Å². The SMILES string of the molecule is CCOCc1nc(NN)cc(Nc2ccc(C)cc2Br)n1. The molecule has 2 rings (SSSR count). The van der Waals surface area contributed by atoms with Gasteiger partial charge in [-0.1, -0.05) is 6.07 Å². The van der Waals surface area contributed by atoms with E-state index >= 15 is 0 Å². The Labute approximate surface area is 132 Å². The normalized spacial score (nSPS) is 10.5. The van der Waals surface area contributed by atoms with Gasteiger partial charge in [0.05, 0.1) is 5.69 Å². The summed E-state index contributed by atoms with van der Waals surface area (Å²) in [5.41, 5.74) is 4.63. The van der Waals surface area contributed by atoms with Crippen LogP contribution in [0, 0.1) is 6.92 Å². The lowest BCUT2D eigenvalue weighted by atomic mass is 10.2. The van der Waals surface area contributed by atoms with Crippen molar-refractivity contribution in [2.45, 2.75) is 20.5 Å². The number of ether oxygens (including phenoxy) is 1. The van der Waals surface area contributed by atoms with Gasteiger partial charge in [-0.05, 0) is 47.5 Å². The second-order valence-corrected chi connectivity index (χ2v) is 5.30. The number of nitrogens with one attached hydrogen (secondary N) is 2. The first kappa shape index (κ1) is 15.7. The van der Waals surface area contributed by atoms with Gasteiger partial charge >= 0.3 is 0 Å². The Kier molecular flexibility index (Phi) is 5.49. The molecule has 112 valence electrons. The van der Waals surface area contributed by atoms with Crippen molar-refractivity contribution in [3.05, 3.63) is 40.1 Å². The molecule has 0 radical (unpaired) electrons. The van der Waals surface area contributed by atoms with Gasteiger partial charge in [0, 0.05) is 17.1 Å². The molecule has 1 heterocycles. The second kappa shape index (κ2) is 7.35. The minimum atomic E-state index is 0.343. The van der Waals surface area contributed by atoms with Crippen molar-refractivity contribution in [3.8, 4) is 0 Å². The summed E-state index contributed by atoms with van der Waals surface area (Å²) in [4.78, 5) is 8.66. The highest BCUT2D eigenvalue weighted by Gasteiger charge is 2.06. The van der Waals surface area contributed by atoms with Crippen molar-refractivity contribution in [1.29, 1.82) is 0 Å². The number of hydrogen-bond donors (Lipinski definition) is 3. The van der Waals surface area contributed by atoms with Gasteiger partial charge in [0.15, 0.2) is 5.82 Å². The Balaban J connectivity index is 2.25. The van der Waals surface area contributed by atoms with Crippen molar-refractivity contribution in [2.24, 2.45) is 5.84 Å². The molecule has 0 aliphatic heterocycles. The zero-order valence-corrected chi connectivity index (χ0v) is 13.6. The summed E-state index contributed by atoms with van der Waals surface area (Å²) >= 11 is 3.53. The van der Waals surface area contributed by atoms with E-state index in [0.29, 0.717) is 30.7 Å². The van der Waals surface area contributed by atoms with Crippen LogP contribution in [0.1, 0.15) is 18.3 Å². The smallest absolute Gasteiger partial charge is 0.158 e. The Morgan fingerprint density at radius 3 is 2.67 bits per heavy atom. The number of hydrazine groups is 1. The lowest BCUT2D eigenvalue weighted by Crippen LogP contribution is -2.12. The highest BCUT2D eigenvalue weighted by atomic mass is 79.9. The van der Waals surface area contributed by atoms with E-state index in [-0.39, 0.29) is 0 Å². The number of aryl methyl sites for hydroxylation is 1. The van der Waals surface area contributed by atoms with Crippen LogP contribution in [-0.2, 0) is 11.3 Å². The molecule has 4 N–H and O–H groups in total. The van der Waals surface area contributed by atoms with Crippen molar-refractivity contribution >= 4 is 33.3 Å². The molecule has 7 heteroatoms. The summed E-state index contributed by atoms with van der Waals surface area (Å²) in [6.07, 6.45) is 0. The van der Waals surface area contributed by atoms with Crippen LogP contribution < -0.4 is 16.6 Å². The summed E-state index contributed by atoms with van der Waals surface area (Å²) in [6, 6.07) is 7.78. The standard InChI is InChI=1S/C14H18BrN5O/c1-3-21-8-14-18-12(7-13(19-14)20-16)17-11-5-4-9(2)6-10(11)15/h4-7H,3,8,16H2,1-2H3,(H2,17,18,19,20). The largest absolute Gasteiger partial charge is 0.374 e. The van der Waals surface area contributed by atoms with Gasteiger partial charge in [0.2, 0.25) is 0 Å². The molecule has 0 spiro atoms. The van der Waals surface area contributed by atoms with E-state index in [1.807, 2.05) is 32.0 Å². The number of benzene rings is 1. The van der Waals surface area contributed by atoms with Gasteiger partial charge in [0.25, 0.3) is 0 Å². The zero-order valence-electron chi connectivity index (χ0n) is 12.0. The highest BCUT2D eigenvalue weighted by Crippen LogP contribution is 2.26. The lowest BCUT2D eigenvalue weighted by molar-refractivity contribution is 0.128. The van der Waals surface area contributed by atoms with Crippen LogP contribution in [0.5, 0.6) is 0 Å². The Morgan fingerprint density at radius 2 is 2.00 bits per heavy atom. The van der Waals surface area contributed by atoms with E-state index in [1.165, 1.54) is 5.56 Å². The van der Waals surface area contributed by atoms with Crippen LogP contribution in [0.2, 0.25) is 0 Å². The molecule has 2 aromatic rings. The third-order valence-corrected chi connectivity index (χ3v) is 3.40. The Bertz CT molecular complexity index is 620. The van der Waals surface area contributed by atoms with Crippen LogP contribution in [-0.4, -0.2) is 16.6 Å². The Morgan fingerprint density at radius 1 is 1.24 bits per heavy atom. The first-order valence-corrected chi connectivity index (χ1v) is 7.37. The molecule has 0 unspecified atom stereocenters. The maximum absolute atomic E-state index is 5.44. The third kappa shape index (κ3) is 4.38. The van der Waals surface area contributed by atoms with Crippen LogP contribution >= 0.6 is 15.9 Å². The van der Waals surface area contributed by atoms with Crippen LogP contribution in [0.25, 0.3) is 0 Å². The van der Waals surface area contributed by atoms with E-state index < -0.39 is 0 Å². The van der Waals surface area contributed by atoms with E-state index in [2.05, 4.69) is 36.6 Å². The summed E-state index contributed by atoms with van der Waals surface area (Å²) in [5, 5.41) is 3.24. The fraction of sp³-hybridized carbons (Fsp3) is 0.286. The molecule has 0 bridgehead atoms. The summed E-state index contributed by atoms with van der Waals surface area (Å²) < 4.78 is 6.30. The number of nitrogens with zero attached hydrogens (tertiary/aromatic N) is 2. The molecule has 21 heavy (non-hydrogen) atoms. The number of aromatic nitrogens is 2. The van der Waals surface area contributed by atoms with Gasteiger partial charge in [-0.25, -0.2) is 15.8 Å². The van der Waals surface area contributed by atoms with Gasteiger partial charge in [0.1, 0.15) is 18.2 Å². The molecule has 0 amide bonds. The highest BCUT2D eigenvalue weighted by molar-refractivity contribution is 9.10. The predicted molar refractivity (Wildman–Crippen MR) is 87.3 cm³/mol. The molecular weight excluding hydrogens is 334 g/mol. The maximum atomic E-state index is 5.44. The maximum Gasteiger partial charge on any atom is 0.158 e. The van der Waals surface area contributed by atoms with E-state index in [9.17, 15) is 0 Å². The van der Waals surface area contributed by atoms with Crippen molar-refractivity contribution in [2.75, 3.05) is 17.3 Å². The number of rotatable bonds is 6. The monoisotopic (exact) mass is 351 g/mol. The average Bonchev–Trinajstić information content (AvgIpc) is 2.48. The molecule has 0 saturated carbocycles. The van der Waals surface area contributed by atoms with Crippen LogP contribution in [0.15, 0.2) is 28.7 Å². The molecule has 6 nitrogen and oxygen atoms in total. The van der Waals surface area contributed by atoms with E-state index in [0.717, 1.165) is 10.2 Å². The van der Waals surface area contributed by atoms with Gasteiger partial charge in [-0.2, -0.15) is 0 Å². The molecule has 1 aromatic carbocycles. The zero-order chi connectivity index (χ0) is 15.2. The first-order chi connectivity index (χ1) is 10.1. The average molecular weight is 352 g/mol. The van der Waals surface area contributed by atoms with Gasteiger partial charge in [-0.3, -0.25) is 0 Å². The van der Waals surface area contributed by atoms with Crippen LogP contribution in [0.3, 0.4) is 0 Å². The van der Waals surface area contributed by atoms with E-state index in [4.69, 9.17) is 10.6 Å². The third-order valence-electron chi connectivity index (χ3n) is 2.74. The number of anilines is 3. The molecule has 0 fully saturated rings. The molecule has 1 aromatic heterocycles. The quantitative estimate of drug-likeness (QED) is 0.547. The fourth-order valence-electron chi connectivity index (χ4n) is 1.75. The topological polar surface area (TPSA) is 85.1 Å². The number of nitrogen functional groups attached to an aromatic ring is 1. The predicted octanol–water partition coefficient (Wildman–Crippen LogP) is 3.11. The number of hydrogen-bond acceptors (Lipinski definition) is 6. The lowest BCUT2D eigenvalue weighted by Gasteiger charge is -2.11. The molecule has 0 atom stereocenters. The van der Waals surface area contributed by atoms with Crippen LogP contribution in [0.4, 0.5) is 17.3 Å². The second-order valence-electron chi connectivity index (χ2n) is 4.44. The van der Waals surface area contributed by atoms with Crippen molar-refractivity contribution in [1.82, 2.24) is 9.97 Å². The summed E-state index contributed by atoms with van der Waals surface area (Å²) in [7, 11) is 0. The number of halogens is 1.